The number of benzene rings is 2. The first-order valence-corrected chi connectivity index (χ1v) is 8.70. The Morgan fingerprint density at radius 1 is 1.07 bits per heavy atom. The summed E-state index contributed by atoms with van der Waals surface area (Å²) in [6.07, 6.45) is 1.05. The lowest BCUT2D eigenvalue weighted by Gasteiger charge is -2.21. The van der Waals surface area contributed by atoms with Gasteiger partial charge in [0.15, 0.2) is 17.2 Å². The molecule has 0 saturated heterocycles. The zero-order valence-corrected chi connectivity index (χ0v) is 15.1. The predicted octanol–water partition coefficient (Wildman–Crippen LogP) is 3.58. The van der Waals surface area contributed by atoms with Gasteiger partial charge in [-0.25, -0.2) is 18.6 Å². The Balaban J connectivity index is 1.57. The van der Waals surface area contributed by atoms with Crippen molar-refractivity contribution in [3.8, 4) is 11.5 Å². The van der Waals surface area contributed by atoms with E-state index < -0.39 is 17.6 Å². The van der Waals surface area contributed by atoms with Gasteiger partial charge in [-0.3, -0.25) is 4.90 Å². The van der Waals surface area contributed by atoms with Crippen molar-refractivity contribution < 1.29 is 32.6 Å². The number of halogens is 2. The molecule has 0 aliphatic carbocycles. The van der Waals surface area contributed by atoms with E-state index in [2.05, 4.69) is 4.98 Å². The van der Waals surface area contributed by atoms with Crippen LogP contribution in [0.15, 0.2) is 47.1 Å². The molecule has 1 N–H and O–H groups in total. The molecule has 0 atom stereocenters. The van der Waals surface area contributed by atoms with Crippen molar-refractivity contribution in [3.63, 3.8) is 0 Å². The summed E-state index contributed by atoms with van der Waals surface area (Å²) >= 11 is 0. The highest BCUT2D eigenvalue weighted by Crippen LogP contribution is 2.33. The molecule has 9 heteroatoms. The molecule has 0 unspecified atom stereocenters. The molecule has 3 aromatic rings. The number of rotatable bonds is 7. The Morgan fingerprint density at radius 2 is 1.90 bits per heavy atom. The Labute approximate surface area is 164 Å². The minimum Gasteiger partial charge on any atom is -0.476 e. The number of carboxylic acid groups (broad SMARTS) is 1. The lowest BCUT2D eigenvalue weighted by atomic mass is 10.1. The molecule has 1 aliphatic rings. The summed E-state index contributed by atoms with van der Waals surface area (Å²) in [6, 6.07) is 8.82. The van der Waals surface area contributed by atoms with E-state index in [0.29, 0.717) is 18.0 Å². The van der Waals surface area contributed by atoms with E-state index >= 15 is 0 Å². The van der Waals surface area contributed by atoms with Crippen LogP contribution >= 0.6 is 0 Å². The average Bonchev–Trinajstić information content (AvgIpc) is 3.33. The second-order valence-electron chi connectivity index (χ2n) is 6.50. The third-order valence-electron chi connectivity index (χ3n) is 4.38. The third kappa shape index (κ3) is 4.35. The normalized spacial score (nSPS) is 12.5. The largest absolute Gasteiger partial charge is 0.476 e. The number of nitrogens with zero attached hydrogens (tertiary/aromatic N) is 2. The van der Waals surface area contributed by atoms with Crippen molar-refractivity contribution >= 4 is 5.97 Å². The molecule has 2 heterocycles. The Hall–Kier alpha value is -3.46. The molecule has 0 bridgehead atoms. The highest BCUT2D eigenvalue weighted by molar-refractivity contribution is 5.84. The van der Waals surface area contributed by atoms with Gasteiger partial charge >= 0.3 is 5.97 Å². The quantitative estimate of drug-likeness (QED) is 0.647. The van der Waals surface area contributed by atoms with Gasteiger partial charge in [-0.05, 0) is 23.8 Å². The van der Waals surface area contributed by atoms with Gasteiger partial charge in [0.2, 0.25) is 12.7 Å². The van der Waals surface area contributed by atoms with E-state index in [4.69, 9.17) is 19.0 Å². The second kappa shape index (κ2) is 7.88. The van der Waals surface area contributed by atoms with Gasteiger partial charge in [-0.1, -0.05) is 12.1 Å². The maximum atomic E-state index is 14.2. The van der Waals surface area contributed by atoms with E-state index in [-0.39, 0.29) is 37.0 Å². The standard InChI is InChI=1S/C20H16F2N2O5/c21-14-3-2-13(15(22)6-14)8-24(9-19-23-16(10-27-19)20(25)26)7-12-1-4-17-18(5-12)29-11-28-17/h1-6,10H,7-9,11H2,(H,25,26). The Morgan fingerprint density at radius 3 is 2.66 bits per heavy atom. The highest BCUT2D eigenvalue weighted by Gasteiger charge is 2.19. The molecule has 4 rings (SSSR count). The molecule has 0 saturated carbocycles. The van der Waals surface area contributed by atoms with Crippen molar-refractivity contribution in [3.05, 3.63) is 77.0 Å². The van der Waals surface area contributed by atoms with Gasteiger partial charge in [0.1, 0.15) is 17.9 Å². The minimum absolute atomic E-state index is 0.124. The summed E-state index contributed by atoms with van der Waals surface area (Å²) in [5.74, 6) is -1.10. The van der Waals surface area contributed by atoms with Gasteiger partial charge in [0.25, 0.3) is 0 Å². The monoisotopic (exact) mass is 402 g/mol. The zero-order valence-electron chi connectivity index (χ0n) is 15.1. The zero-order chi connectivity index (χ0) is 20.4. The lowest BCUT2D eigenvalue weighted by Crippen LogP contribution is -2.23. The molecule has 1 aromatic heterocycles. The van der Waals surface area contributed by atoms with Crippen molar-refractivity contribution in [2.75, 3.05) is 6.79 Å². The molecule has 0 spiro atoms. The maximum Gasteiger partial charge on any atom is 0.357 e. The van der Waals surface area contributed by atoms with Gasteiger partial charge in [0, 0.05) is 24.7 Å². The predicted molar refractivity (Wildman–Crippen MR) is 95.3 cm³/mol. The topological polar surface area (TPSA) is 85.0 Å². The number of aromatic carboxylic acids is 1. The number of carboxylic acids is 1. The summed E-state index contributed by atoms with van der Waals surface area (Å²) in [4.78, 5) is 16.7. The number of fused-ring (bicyclic) bond motifs is 1. The van der Waals surface area contributed by atoms with E-state index in [9.17, 15) is 13.6 Å². The number of ether oxygens (including phenoxy) is 2. The molecule has 150 valence electrons. The van der Waals surface area contributed by atoms with Crippen molar-refractivity contribution in [2.45, 2.75) is 19.6 Å². The van der Waals surface area contributed by atoms with Crippen LogP contribution in [0.5, 0.6) is 11.5 Å². The van der Waals surface area contributed by atoms with Crippen LogP contribution in [0.2, 0.25) is 0 Å². The summed E-state index contributed by atoms with van der Waals surface area (Å²) in [5, 5.41) is 9.01. The van der Waals surface area contributed by atoms with Crippen LogP contribution < -0.4 is 9.47 Å². The van der Waals surface area contributed by atoms with Gasteiger partial charge < -0.3 is 19.0 Å². The fraction of sp³-hybridized carbons (Fsp3) is 0.200. The molecular formula is C20H16F2N2O5. The van der Waals surface area contributed by atoms with E-state index in [1.54, 1.807) is 11.0 Å². The van der Waals surface area contributed by atoms with Crippen LogP contribution in [-0.2, 0) is 19.6 Å². The van der Waals surface area contributed by atoms with Gasteiger partial charge in [-0.15, -0.1) is 0 Å². The number of hydrogen-bond acceptors (Lipinski definition) is 6. The number of carbonyl (C=O) groups is 1. The Kier molecular flexibility index (Phi) is 5.13. The number of oxazole rings is 1. The summed E-state index contributed by atoms with van der Waals surface area (Å²) < 4.78 is 43.3. The van der Waals surface area contributed by atoms with Crippen LogP contribution in [0.3, 0.4) is 0 Å². The van der Waals surface area contributed by atoms with Crippen molar-refractivity contribution in [2.24, 2.45) is 0 Å². The maximum absolute atomic E-state index is 14.2. The van der Waals surface area contributed by atoms with Crippen LogP contribution in [0.4, 0.5) is 8.78 Å². The van der Waals surface area contributed by atoms with Crippen molar-refractivity contribution in [1.82, 2.24) is 9.88 Å². The molecule has 0 radical (unpaired) electrons. The van der Waals surface area contributed by atoms with Gasteiger partial charge in [-0.2, -0.15) is 0 Å². The molecule has 7 nitrogen and oxygen atoms in total. The summed E-state index contributed by atoms with van der Waals surface area (Å²) in [7, 11) is 0. The van der Waals surface area contributed by atoms with E-state index in [0.717, 1.165) is 17.9 Å². The fourth-order valence-corrected chi connectivity index (χ4v) is 3.03. The van der Waals surface area contributed by atoms with Crippen LogP contribution in [0.1, 0.15) is 27.5 Å². The fourth-order valence-electron chi connectivity index (χ4n) is 3.03. The summed E-state index contributed by atoms with van der Waals surface area (Å²) in [6.45, 7) is 0.764. The Bertz CT molecular complexity index is 1050. The number of aromatic nitrogens is 1. The first-order valence-electron chi connectivity index (χ1n) is 8.70. The molecule has 0 amide bonds. The minimum atomic E-state index is -1.20. The highest BCUT2D eigenvalue weighted by atomic mass is 19.1. The number of hydrogen-bond donors (Lipinski definition) is 1. The average molecular weight is 402 g/mol. The molecule has 0 fully saturated rings. The van der Waals surface area contributed by atoms with Crippen LogP contribution in [0, 0.1) is 11.6 Å². The van der Waals surface area contributed by atoms with Crippen molar-refractivity contribution in [1.29, 1.82) is 0 Å². The van der Waals surface area contributed by atoms with Gasteiger partial charge in [0.05, 0.1) is 6.54 Å². The smallest absolute Gasteiger partial charge is 0.357 e. The molecular weight excluding hydrogens is 386 g/mol. The first-order chi connectivity index (χ1) is 14.0. The molecule has 29 heavy (non-hydrogen) atoms. The SMILES string of the molecule is O=C(O)c1coc(CN(Cc2ccc3c(c2)OCO3)Cc2ccc(F)cc2F)n1. The second-order valence-corrected chi connectivity index (χ2v) is 6.50. The third-order valence-corrected chi connectivity index (χ3v) is 4.38. The molecule has 2 aromatic carbocycles. The lowest BCUT2D eigenvalue weighted by molar-refractivity contribution is 0.0690. The molecule has 1 aliphatic heterocycles. The van der Waals surface area contributed by atoms with Crippen LogP contribution in [-0.4, -0.2) is 27.8 Å². The van der Waals surface area contributed by atoms with E-state index in [1.165, 1.54) is 12.1 Å². The summed E-state index contributed by atoms with van der Waals surface area (Å²) in [5.41, 5.74) is 0.940. The first kappa shape index (κ1) is 18.9. The van der Waals surface area contributed by atoms with E-state index in [1.807, 2.05) is 12.1 Å². The van der Waals surface area contributed by atoms with Crippen LogP contribution in [0.25, 0.3) is 0 Å².